The van der Waals surface area contributed by atoms with Crippen LogP contribution in [0.5, 0.6) is 5.75 Å². The number of hydrogen-bond acceptors (Lipinski definition) is 6. The number of hydrogen-bond donors (Lipinski definition) is 2. The quantitative estimate of drug-likeness (QED) is 0.706. The molecule has 19 heavy (non-hydrogen) atoms. The molecule has 0 atom stereocenters. The van der Waals surface area contributed by atoms with Gasteiger partial charge in [0.25, 0.3) is 0 Å². The lowest BCUT2D eigenvalue weighted by Crippen LogP contribution is -2.30. The van der Waals surface area contributed by atoms with Crippen LogP contribution in [0.1, 0.15) is 25.7 Å². The first-order valence-electron chi connectivity index (χ1n) is 5.90. The highest BCUT2D eigenvalue weighted by molar-refractivity contribution is 6.58. The van der Waals surface area contributed by atoms with Gasteiger partial charge in [-0.3, -0.25) is 4.98 Å². The minimum absolute atomic E-state index is 0.199. The zero-order valence-corrected chi connectivity index (χ0v) is 10.8. The second kappa shape index (κ2) is 5.81. The fraction of sp³-hybridized carbons (Fsp3) is 0.364. The zero-order valence-electron chi connectivity index (χ0n) is 10.8. The molecular weight excluding hydrogens is 247 g/mol. The molecule has 0 radical (unpaired) electrons. The summed E-state index contributed by atoms with van der Waals surface area (Å²) in [5.74, 6) is 1.15. The molecule has 7 nitrogen and oxygen atoms in total. The van der Waals surface area contributed by atoms with Crippen LogP contribution < -0.4 is 10.2 Å². The summed E-state index contributed by atoms with van der Waals surface area (Å²) in [6.45, 7) is 4.25. The van der Waals surface area contributed by atoms with E-state index in [4.69, 9.17) is 14.8 Å². The summed E-state index contributed by atoms with van der Waals surface area (Å²) in [6, 6.07) is 1.72. The van der Waals surface area contributed by atoms with E-state index in [1.54, 1.807) is 4.68 Å². The molecule has 0 amide bonds. The SMILES string of the molecule is CC(C)n1ncnc1COc1cncc(B(O)O)c1. The van der Waals surface area contributed by atoms with E-state index < -0.39 is 7.12 Å². The maximum Gasteiger partial charge on any atom is 0.490 e. The predicted molar refractivity (Wildman–Crippen MR) is 68.8 cm³/mol. The van der Waals surface area contributed by atoms with Gasteiger partial charge in [0, 0.05) is 17.7 Å². The Balaban J connectivity index is 2.06. The lowest BCUT2D eigenvalue weighted by Gasteiger charge is -2.10. The lowest BCUT2D eigenvalue weighted by atomic mass is 9.82. The molecule has 8 heteroatoms. The molecule has 100 valence electrons. The van der Waals surface area contributed by atoms with Crippen molar-refractivity contribution in [3.8, 4) is 5.75 Å². The van der Waals surface area contributed by atoms with Crippen molar-refractivity contribution < 1.29 is 14.8 Å². The van der Waals surface area contributed by atoms with Crippen LogP contribution >= 0.6 is 0 Å². The first kappa shape index (κ1) is 13.5. The molecule has 0 bridgehead atoms. The minimum Gasteiger partial charge on any atom is -0.484 e. The Labute approximate surface area is 111 Å². The van der Waals surface area contributed by atoms with Crippen LogP contribution in [0, 0.1) is 0 Å². The van der Waals surface area contributed by atoms with Crippen LogP contribution in [-0.4, -0.2) is 36.9 Å². The number of ether oxygens (including phenoxy) is 1. The van der Waals surface area contributed by atoms with Gasteiger partial charge in [0.05, 0.1) is 6.20 Å². The second-order valence-corrected chi connectivity index (χ2v) is 4.33. The molecule has 0 fully saturated rings. The number of aromatic nitrogens is 4. The van der Waals surface area contributed by atoms with Crippen molar-refractivity contribution in [1.29, 1.82) is 0 Å². The van der Waals surface area contributed by atoms with Crippen molar-refractivity contribution in [2.75, 3.05) is 0 Å². The number of rotatable bonds is 5. The molecule has 0 saturated carbocycles. The molecule has 0 spiro atoms. The first-order valence-corrected chi connectivity index (χ1v) is 5.90. The van der Waals surface area contributed by atoms with Crippen LogP contribution in [0.2, 0.25) is 0 Å². The summed E-state index contributed by atoms with van der Waals surface area (Å²) in [4.78, 5) is 7.99. The molecule has 2 N–H and O–H groups in total. The predicted octanol–water partition coefficient (Wildman–Crippen LogP) is -0.487. The van der Waals surface area contributed by atoms with E-state index in [0.29, 0.717) is 11.6 Å². The summed E-state index contributed by atoms with van der Waals surface area (Å²) in [7, 11) is -1.56. The highest BCUT2D eigenvalue weighted by Gasteiger charge is 2.13. The van der Waals surface area contributed by atoms with Gasteiger partial charge in [-0.25, -0.2) is 9.67 Å². The van der Waals surface area contributed by atoms with E-state index in [1.807, 2.05) is 13.8 Å². The Morgan fingerprint density at radius 2 is 2.16 bits per heavy atom. The van der Waals surface area contributed by atoms with Crippen LogP contribution in [-0.2, 0) is 6.61 Å². The molecule has 2 heterocycles. The van der Waals surface area contributed by atoms with Gasteiger partial charge in [0.1, 0.15) is 18.7 Å². The van der Waals surface area contributed by atoms with Gasteiger partial charge in [-0.2, -0.15) is 5.10 Å². The van der Waals surface area contributed by atoms with Gasteiger partial charge in [0.2, 0.25) is 0 Å². The van der Waals surface area contributed by atoms with E-state index in [0.717, 1.165) is 0 Å². The van der Waals surface area contributed by atoms with Gasteiger partial charge < -0.3 is 14.8 Å². The Morgan fingerprint density at radius 3 is 2.84 bits per heavy atom. The first-order chi connectivity index (χ1) is 9.08. The van der Waals surface area contributed by atoms with Crippen molar-refractivity contribution in [3.05, 3.63) is 30.6 Å². The van der Waals surface area contributed by atoms with Crippen LogP contribution in [0.3, 0.4) is 0 Å². The van der Waals surface area contributed by atoms with Crippen molar-refractivity contribution >= 4 is 12.6 Å². The largest absolute Gasteiger partial charge is 0.490 e. The fourth-order valence-corrected chi connectivity index (χ4v) is 1.61. The Bertz CT molecular complexity index is 544. The number of nitrogens with zero attached hydrogens (tertiary/aromatic N) is 4. The highest BCUT2D eigenvalue weighted by atomic mass is 16.5. The Morgan fingerprint density at radius 1 is 1.37 bits per heavy atom. The van der Waals surface area contributed by atoms with E-state index in [1.165, 1.54) is 24.8 Å². The average molecular weight is 262 g/mol. The topological polar surface area (TPSA) is 93.3 Å². The summed E-state index contributed by atoms with van der Waals surface area (Å²) in [5.41, 5.74) is 0.280. The zero-order chi connectivity index (χ0) is 13.8. The second-order valence-electron chi connectivity index (χ2n) is 4.33. The van der Waals surface area contributed by atoms with E-state index >= 15 is 0 Å². The molecule has 2 aromatic rings. The van der Waals surface area contributed by atoms with E-state index in [9.17, 15) is 0 Å². The van der Waals surface area contributed by atoms with Crippen molar-refractivity contribution in [2.24, 2.45) is 0 Å². The standard InChI is InChI=1S/C11H15BN4O3/c1-8(2)16-11(14-7-15-16)6-19-10-3-9(12(17)18)4-13-5-10/h3-5,7-8,17-18H,6H2,1-2H3. The van der Waals surface area contributed by atoms with E-state index in [-0.39, 0.29) is 18.1 Å². The highest BCUT2D eigenvalue weighted by Crippen LogP contribution is 2.10. The average Bonchev–Trinajstić information content (AvgIpc) is 2.85. The third-order valence-electron chi connectivity index (χ3n) is 2.54. The Kier molecular flexibility index (Phi) is 4.13. The molecule has 2 rings (SSSR count). The molecule has 0 aliphatic heterocycles. The monoisotopic (exact) mass is 262 g/mol. The third kappa shape index (κ3) is 3.30. The van der Waals surface area contributed by atoms with Crippen LogP contribution in [0.4, 0.5) is 0 Å². The molecule has 0 saturated heterocycles. The normalized spacial score (nSPS) is 10.8. The molecule has 0 aliphatic rings. The minimum atomic E-state index is -1.56. The van der Waals surface area contributed by atoms with Crippen molar-refractivity contribution in [3.63, 3.8) is 0 Å². The van der Waals surface area contributed by atoms with Crippen LogP contribution in [0.25, 0.3) is 0 Å². The third-order valence-corrected chi connectivity index (χ3v) is 2.54. The number of pyridine rings is 1. The molecule has 0 unspecified atom stereocenters. The van der Waals surface area contributed by atoms with Crippen LogP contribution in [0.15, 0.2) is 24.8 Å². The molecule has 0 aliphatic carbocycles. The van der Waals surface area contributed by atoms with Crippen molar-refractivity contribution in [2.45, 2.75) is 26.5 Å². The summed E-state index contributed by atoms with van der Waals surface area (Å²) in [6.07, 6.45) is 4.35. The summed E-state index contributed by atoms with van der Waals surface area (Å²) >= 11 is 0. The molecule has 0 aromatic carbocycles. The summed E-state index contributed by atoms with van der Waals surface area (Å²) < 4.78 is 7.29. The maximum absolute atomic E-state index is 9.05. The lowest BCUT2D eigenvalue weighted by molar-refractivity contribution is 0.281. The maximum atomic E-state index is 9.05. The fourth-order valence-electron chi connectivity index (χ4n) is 1.61. The Hall–Kier alpha value is -1.93. The summed E-state index contributed by atoms with van der Waals surface area (Å²) in [5, 5.41) is 22.2. The van der Waals surface area contributed by atoms with Gasteiger partial charge in [0.15, 0.2) is 5.82 Å². The smallest absolute Gasteiger partial charge is 0.484 e. The molecular formula is C11H15BN4O3. The van der Waals surface area contributed by atoms with Gasteiger partial charge in [-0.15, -0.1) is 0 Å². The van der Waals surface area contributed by atoms with Gasteiger partial charge in [-0.05, 0) is 19.9 Å². The van der Waals surface area contributed by atoms with Crippen molar-refractivity contribution in [1.82, 2.24) is 19.7 Å². The van der Waals surface area contributed by atoms with Gasteiger partial charge in [-0.1, -0.05) is 0 Å². The van der Waals surface area contributed by atoms with E-state index in [2.05, 4.69) is 15.1 Å². The van der Waals surface area contributed by atoms with Gasteiger partial charge >= 0.3 is 7.12 Å². The molecule has 2 aromatic heterocycles.